The average molecular weight is 283 g/mol. The highest BCUT2D eigenvalue weighted by Gasteiger charge is 2.41. The second-order valence-electron chi connectivity index (χ2n) is 4.97. The predicted molar refractivity (Wildman–Crippen MR) is 67.4 cm³/mol. The zero-order chi connectivity index (χ0) is 13.6. The number of nitrogens with one attached hydrogen (secondary N) is 1. The zero-order valence-corrected chi connectivity index (χ0v) is 10.8. The molecule has 6 heteroatoms. The van der Waals surface area contributed by atoms with Crippen molar-refractivity contribution in [2.24, 2.45) is 5.92 Å². The van der Waals surface area contributed by atoms with Crippen LogP contribution >= 0.6 is 11.6 Å². The van der Waals surface area contributed by atoms with Crippen molar-refractivity contribution in [1.82, 2.24) is 10.2 Å². The number of rotatable bonds is 1. The van der Waals surface area contributed by atoms with Crippen molar-refractivity contribution in [1.29, 1.82) is 0 Å². The van der Waals surface area contributed by atoms with E-state index in [0.29, 0.717) is 19.5 Å². The molecule has 1 aromatic carbocycles. The van der Waals surface area contributed by atoms with Gasteiger partial charge in [0.05, 0.1) is 11.6 Å². The van der Waals surface area contributed by atoms with Crippen LogP contribution in [0.2, 0.25) is 5.02 Å². The molecule has 2 aliphatic rings. The molecule has 1 aromatic rings. The summed E-state index contributed by atoms with van der Waals surface area (Å²) in [5.41, 5.74) is 0.0238. The van der Waals surface area contributed by atoms with Crippen LogP contribution in [0, 0.1) is 11.7 Å². The van der Waals surface area contributed by atoms with Gasteiger partial charge in [-0.2, -0.15) is 0 Å². The summed E-state index contributed by atoms with van der Waals surface area (Å²) in [5, 5.41) is 3.09. The van der Waals surface area contributed by atoms with Gasteiger partial charge in [0.25, 0.3) is 5.91 Å². The summed E-state index contributed by atoms with van der Waals surface area (Å²) in [6, 6.07) is 4.03. The second kappa shape index (κ2) is 4.49. The van der Waals surface area contributed by atoms with Gasteiger partial charge in [-0.25, -0.2) is 4.39 Å². The molecule has 2 saturated heterocycles. The highest BCUT2D eigenvalue weighted by Crippen LogP contribution is 2.27. The Morgan fingerprint density at radius 3 is 2.89 bits per heavy atom. The Bertz CT molecular complexity index is 548. The van der Waals surface area contributed by atoms with Crippen molar-refractivity contribution < 1.29 is 14.0 Å². The number of halogens is 2. The molecule has 0 aliphatic carbocycles. The van der Waals surface area contributed by atoms with E-state index < -0.39 is 5.82 Å². The van der Waals surface area contributed by atoms with E-state index in [1.165, 1.54) is 12.1 Å². The molecule has 2 amide bonds. The van der Waals surface area contributed by atoms with E-state index in [2.05, 4.69) is 5.32 Å². The normalized spacial score (nSPS) is 25.4. The molecule has 4 nitrogen and oxygen atoms in total. The van der Waals surface area contributed by atoms with Crippen LogP contribution in [0.25, 0.3) is 0 Å². The molecular weight excluding hydrogens is 271 g/mol. The Morgan fingerprint density at radius 2 is 2.21 bits per heavy atom. The fraction of sp³-hybridized carbons (Fsp3) is 0.385. The van der Waals surface area contributed by atoms with Crippen LogP contribution in [0.5, 0.6) is 0 Å². The molecule has 0 aromatic heterocycles. The minimum atomic E-state index is -0.612. The van der Waals surface area contributed by atoms with E-state index in [0.717, 1.165) is 6.07 Å². The number of fused-ring (bicyclic) bond motifs is 1. The highest BCUT2D eigenvalue weighted by atomic mass is 35.5. The summed E-state index contributed by atoms with van der Waals surface area (Å²) in [4.78, 5) is 25.0. The number of benzene rings is 1. The van der Waals surface area contributed by atoms with Crippen molar-refractivity contribution in [2.75, 3.05) is 13.1 Å². The van der Waals surface area contributed by atoms with Crippen molar-refractivity contribution >= 4 is 23.4 Å². The second-order valence-corrected chi connectivity index (χ2v) is 5.41. The highest BCUT2D eigenvalue weighted by molar-refractivity contribution is 6.30. The lowest BCUT2D eigenvalue weighted by Crippen LogP contribution is -2.35. The lowest BCUT2D eigenvalue weighted by atomic mass is 10.1. The minimum Gasteiger partial charge on any atom is -0.351 e. The number of nitrogens with zero attached hydrogens (tertiary/aromatic N) is 1. The Labute approximate surface area is 114 Å². The molecule has 2 fully saturated rings. The molecule has 0 saturated carbocycles. The molecule has 3 rings (SSSR count). The lowest BCUT2D eigenvalue weighted by Gasteiger charge is -2.17. The minimum absolute atomic E-state index is 0.00631. The van der Waals surface area contributed by atoms with Crippen LogP contribution < -0.4 is 5.32 Å². The van der Waals surface area contributed by atoms with Gasteiger partial charge in [-0.3, -0.25) is 9.59 Å². The zero-order valence-electron chi connectivity index (χ0n) is 10.0. The third kappa shape index (κ3) is 2.18. The molecule has 1 N–H and O–H groups in total. The number of carbonyl (C=O) groups excluding carboxylic acids is 2. The van der Waals surface area contributed by atoms with Crippen LogP contribution in [0.3, 0.4) is 0 Å². The molecule has 0 radical (unpaired) electrons. The molecule has 0 spiro atoms. The van der Waals surface area contributed by atoms with E-state index in [1.54, 1.807) is 4.90 Å². The number of amides is 2. The Morgan fingerprint density at radius 1 is 1.42 bits per heavy atom. The van der Waals surface area contributed by atoms with Gasteiger partial charge < -0.3 is 10.2 Å². The Hall–Kier alpha value is -1.62. The first-order chi connectivity index (χ1) is 9.04. The fourth-order valence-electron chi connectivity index (χ4n) is 2.74. The van der Waals surface area contributed by atoms with E-state index >= 15 is 0 Å². The summed E-state index contributed by atoms with van der Waals surface area (Å²) in [6.07, 6.45) is 0.442. The summed E-state index contributed by atoms with van der Waals surface area (Å²) >= 11 is 5.66. The van der Waals surface area contributed by atoms with Gasteiger partial charge in [0, 0.05) is 30.5 Å². The van der Waals surface area contributed by atoms with Gasteiger partial charge in [0.1, 0.15) is 5.82 Å². The smallest absolute Gasteiger partial charge is 0.256 e. The first kappa shape index (κ1) is 12.4. The summed E-state index contributed by atoms with van der Waals surface area (Å²) in [6.45, 7) is 0.932. The van der Waals surface area contributed by atoms with Gasteiger partial charge in [-0.05, 0) is 18.2 Å². The molecule has 19 heavy (non-hydrogen) atoms. The van der Waals surface area contributed by atoms with Crippen molar-refractivity contribution in [3.05, 3.63) is 34.6 Å². The van der Waals surface area contributed by atoms with Gasteiger partial charge >= 0.3 is 0 Å². The average Bonchev–Trinajstić information content (AvgIpc) is 2.85. The van der Waals surface area contributed by atoms with Crippen molar-refractivity contribution in [2.45, 2.75) is 12.5 Å². The maximum Gasteiger partial charge on any atom is 0.256 e. The molecule has 2 atom stereocenters. The van der Waals surface area contributed by atoms with Crippen LogP contribution in [0.1, 0.15) is 16.8 Å². The Balaban J connectivity index is 1.77. The first-order valence-electron chi connectivity index (χ1n) is 6.08. The number of likely N-dealkylation sites (tertiary alicyclic amines) is 1. The number of hydrogen-bond donors (Lipinski definition) is 1. The third-order valence-corrected chi connectivity index (χ3v) is 3.92. The largest absolute Gasteiger partial charge is 0.351 e. The van der Waals surface area contributed by atoms with Crippen LogP contribution in [-0.2, 0) is 4.79 Å². The molecule has 2 heterocycles. The number of hydrogen-bond acceptors (Lipinski definition) is 2. The van der Waals surface area contributed by atoms with Gasteiger partial charge in [0.15, 0.2) is 0 Å². The lowest BCUT2D eigenvalue weighted by molar-refractivity contribution is -0.119. The molecule has 0 bridgehead atoms. The summed E-state index contributed by atoms with van der Waals surface area (Å²) in [7, 11) is 0. The first-order valence-corrected chi connectivity index (χ1v) is 6.46. The van der Waals surface area contributed by atoms with Gasteiger partial charge in [-0.15, -0.1) is 0 Å². The topological polar surface area (TPSA) is 49.4 Å². The maximum absolute atomic E-state index is 13.7. The van der Waals surface area contributed by atoms with E-state index in [1.807, 2.05) is 0 Å². The maximum atomic E-state index is 13.7. The van der Waals surface area contributed by atoms with Gasteiger partial charge in [0.2, 0.25) is 5.91 Å². The van der Waals surface area contributed by atoms with Gasteiger partial charge in [-0.1, -0.05) is 11.6 Å². The van der Waals surface area contributed by atoms with Crippen LogP contribution in [-0.4, -0.2) is 35.8 Å². The third-order valence-electron chi connectivity index (χ3n) is 3.68. The van der Waals surface area contributed by atoms with Crippen LogP contribution in [0.15, 0.2) is 18.2 Å². The van der Waals surface area contributed by atoms with E-state index in [-0.39, 0.29) is 34.4 Å². The Kier molecular flexibility index (Phi) is 2.93. The summed E-state index contributed by atoms with van der Waals surface area (Å²) < 4.78 is 13.7. The van der Waals surface area contributed by atoms with E-state index in [4.69, 9.17) is 11.6 Å². The standard InChI is InChI=1S/C13H12ClFN2O2/c14-8-1-2-9(10(15)4-8)13(19)17-5-7-3-12(18)16-11(7)6-17/h1-2,4,7,11H,3,5-6H2,(H,16,18)/t7-,11+/m0/s1. The molecule has 2 aliphatic heterocycles. The molecular formula is C13H12ClFN2O2. The van der Waals surface area contributed by atoms with Crippen molar-refractivity contribution in [3.63, 3.8) is 0 Å². The van der Waals surface area contributed by atoms with E-state index in [9.17, 15) is 14.0 Å². The van der Waals surface area contributed by atoms with Crippen LogP contribution in [0.4, 0.5) is 4.39 Å². The monoisotopic (exact) mass is 282 g/mol. The molecule has 100 valence electrons. The summed E-state index contributed by atoms with van der Waals surface area (Å²) in [5.74, 6) is -0.789. The number of carbonyl (C=O) groups is 2. The fourth-order valence-corrected chi connectivity index (χ4v) is 2.90. The molecule has 0 unspecified atom stereocenters. The SMILES string of the molecule is O=C1C[C@H]2CN(C(=O)c3ccc(Cl)cc3F)C[C@H]2N1. The van der Waals surface area contributed by atoms with Crippen molar-refractivity contribution in [3.8, 4) is 0 Å². The quantitative estimate of drug-likeness (QED) is 0.847. The predicted octanol–water partition coefficient (Wildman–Crippen LogP) is 1.44.